The first-order valence-electron chi connectivity index (χ1n) is 12.6. The van der Waals surface area contributed by atoms with E-state index in [1.165, 1.54) is 23.1 Å². The van der Waals surface area contributed by atoms with Gasteiger partial charge in [0, 0.05) is 61.5 Å². The number of hydrogen-bond donors (Lipinski definition) is 1. The third kappa shape index (κ3) is 7.44. The number of hydrogen-bond acceptors (Lipinski definition) is 4. The molecule has 0 radical (unpaired) electrons. The summed E-state index contributed by atoms with van der Waals surface area (Å²) in [6.07, 6.45) is 0. The number of anilines is 1. The molecule has 1 aliphatic rings. The molecule has 1 fully saturated rings. The fraction of sp³-hybridized carbons (Fsp3) is 0.276. The van der Waals surface area contributed by atoms with Gasteiger partial charge in [-0.25, -0.2) is 4.39 Å². The second-order valence-electron chi connectivity index (χ2n) is 9.26. The van der Waals surface area contributed by atoms with Gasteiger partial charge in [-0.15, -0.1) is 0 Å². The largest absolute Gasteiger partial charge is 0.335 e. The van der Waals surface area contributed by atoms with Crippen molar-refractivity contribution in [2.24, 2.45) is 0 Å². The summed E-state index contributed by atoms with van der Waals surface area (Å²) in [5.41, 5.74) is 2.11. The van der Waals surface area contributed by atoms with Crippen LogP contribution >= 0.6 is 27.5 Å². The summed E-state index contributed by atoms with van der Waals surface area (Å²) in [7, 11) is 0. The smallest absolute Gasteiger partial charge is 0.313 e. The highest BCUT2D eigenvalue weighted by Crippen LogP contribution is 2.24. The van der Waals surface area contributed by atoms with Gasteiger partial charge in [0.25, 0.3) is 5.91 Å². The fourth-order valence-electron chi connectivity index (χ4n) is 4.41. The standard InChI is InChI=1S/C29H29BrClFN4O3/c1-2-35(18-20-6-4-3-5-7-20)28(38)24-17-23(9-10-25(24)31)33-27(37)29(39)36-14-12-34(13-15-36)19-21-16-22(30)8-11-26(21)32/h3-11,16-17H,2,12-15,18-19H2,1H3,(H,33,37). The van der Waals surface area contributed by atoms with E-state index in [2.05, 4.69) is 21.2 Å². The number of nitrogens with one attached hydrogen (secondary N) is 1. The molecule has 0 atom stereocenters. The SMILES string of the molecule is CCN(Cc1ccccc1)C(=O)c1cc(NC(=O)C(=O)N2CCN(Cc3cc(Br)ccc3F)CC2)ccc1Cl. The van der Waals surface area contributed by atoms with Crippen LogP contribution in [0.1, 0.15) is 28.4 Å². The van der Waals surface area contributed by atoms with Crippen LogP contribution in [0.15, 0.2) is 71.2 Å². The van der Waals surface area contributed by atoms with Gasteiger partial charge < -0.3 is 15.1 Å². The van der Waals surface area contributed by atoms with Crippen molar-refractivity contribution in [1.29, 1.82) is 0 Å². The van der Waals surface area contributed by atoms with Crippen LogP contribution in [-0.2, 0) is 22.7 Å². The summed E-state index contributed by atoms with van der Waals surface area (Å²) in [5, 5.41) is 2.86. The van der Waals surface area contributed by atoms with Crippen molar-refractivity contribution < 1.29 is 18.8 Å². The van der Waals surface area contributed by atoms with Gasteiger partial charge in [-0.05, 0) is 48.9 Å². The molecule has 1 saturated heterocycles. The van der Waals surface area contributed by atoms with Crippen molar-refractivity contribution in [1.82, 2.24) is 14.7 Å². The van der Waals surface area contributed by atoms with E-state index < -0.39 is 11.8 Å². The van der Waals surface area contributed by atoms with Crippen LogP contribution in [0.2, 0.25) is 5.02 Å². The zero-order valence-corrected chi connectivity index (χ0v) is 23.8. The van der Waals surface area contributed by atoms with Crippen LogP contribution in [-0.4, -0.2) is 65.1 Å². The van der Waals surface area contributed by atoms with Gasteiger partial charge in [-0.1, -0.05) is 57.9 Å². The highest BCUT2D eigenvalue weighted by Gasteiger charge is 2.27. The van der Waals surface area contributed by atoms with E-state index in [9.17, 15) is 18.8 Å². The molecular formula is C29H29BrClFN4O3. The molecule has 3 aromatic carbocycles. The lowest BCUT2D eigenvalue weighted by Crippen LogP contribution is -2.51. The first kappa shape index (κ1) is 28.7. The molecule has 1 aliphatic heterocycles. The first-order valence-corrected chi connectivity index (χ1v) is 13.8. The van der Waals surface area contributed by atoms with Gasteiger partial charge in [-0.3, -0.25) is 19.3 Å². The number of carbonyl (C=O) groups is 3. The molecule has 0 unspecified atom stereocenters. The third-order valence-electron chi connectivity index (χ3n) is 6.60. The molecule has 3 aromatic rings. The van der Waals surface area contributed by atoms with Gasteiger partial charge in [0.05, 0.1) is 10.6 Å². The monoisotopic (exact) mass is 614 g/mol. The Hall–Kier alpha value is -3.27. The van der Waals surface area contributed by atoms with E-state index in [-0.39, 0.29) is 22.3 Å². The van der Waals surface area contributed by atoms with Crippen molar-refractivity contribution in [2.75, 3.05) is 38.0 Å². The highest BCUT2D eigenvalue weighted by molar-refractivity contribution is 9.10. The molecule has 7 nitrogen and oxygen atoms in total. The minimum Gasteiger partial charge on any atom is -0.335 e. The van der Waals surface area contributed by atoms with Crippen LogP contribution in [0.25, 0.3) is 0 Å². The van der Waals surface area contributed by atoms with Crippen LogP contribution < -0.4 is 5.32 Å². The summed E-state index contributed by atoms with van der Waals surface area (Å²) in [6, 6.07) is 19.0. The minimum absolute atomic E-state index is 0.244. The molecular weight excluding hydrogens is 587 g/mol. The highest BCUT2D eigenvalue weighted by atomic mass is 79.9. The lowest BCUT2D eigenvalue weighted by atomic mass is 10.1. The Morgan fingerprint density at radius 2 is 1.72 bits per heavy atom. The maximum absolute atomic E-state index is 14.1. The van der Waals surface area contributed by atoms with Crippen molar-refractivity contribution in [3.8, 4) is 0 Å². The van der Waals surface area contributed by atoms with E-state index in [0.717, 1.165) is 10.0 Å². The minimum atomic E-state index is -0.793. The quantitative estimate of drug-likeness (QED) is 0.372. The molecule has 0 aliphatic carbocycles. The maximum atomic E-state index is 14.1. The Bertz CT molecular complexity index is 1350. The molecule has 10 heteroatoms. The molecule has 4 rings (SSSR count). The Balaban J connectivity index is 1.35. The van der Waals surface area contributed by atoms with E-state index in [4.69, 9.17) is 11.6 Å². The average molecular weight is 616 g/mol. The molecule has 204 valence electrons. The molecule has 0 saturated carbocycles. The van der Waals surface area contributed by atoms with Crippen LogP contribution in [0, 0.1) is 5.82 Å². The molecule has 1 heterocycles. The predicted octanol–water partition coefficient (Wildman–Crippen LogP) is 5.19. The van der Waals surface area contributed by atoms with Crippen molar-refractivity contribution in [3.63, 3.8) is 0 Å². The van der Waals surface area contributed by atoms with Gasteiger partial charge in [0.2, 0.25) is 0 Å². The summed E-state index contributed by atoms with van der Waals surface area (Å²) < 4.78 is 14.9. The number of benzene rings is 3. The van der Waals surface area contributed by atoms with Crippen LogP contribution in [0.5, 0.6) is 0 Å². The van der Waals surface area contributed by atoms with Crippen molar-refractivity contribution >= 4 is 50.9 Å². The first-order chi connectivity index (χ1) is 18.7. The van der Waals surface area contributed by atoms with Gasteiger partial charge in [-0.2, -0.15) is 0 Å². The summed E-state index contributed by atoms with van der Waals surface area (Å²) >= 11 is 9.70. The number of carbonyl (C=O) groups excluding carboxylic acids is 3. The molecule has 0 spiro atoms. The Morgan fingerprint density at radius 3 is 2.41 bits per heavy atom. The molecule has 39 heavy (non-hydrogen) atoms. The summed E-state index contributed by atoms with van der Waals surface area (Å²) in [4.78, 5) is 44.0. The molecule has 3 amide bonds. The summed E-state index contributed by atoms with van der Waals surface area (Å²) in [6.45, 7) is 4.90. The average Bonchev–Trinajstić information content (AvgIpc) is 2.95. The number of nitrogens with zero attached hydrogens (tertiary/aromatic N) is 3. The molecule has 0 aromatic heterocycles. The van der Waals surface area contributed by atoms with Gasteiger partial charge >= 0.3 is 11.8 Å². The Kier molecular flexibility index (Phi) is 9.72. The van der Waals surface area contributed by atoms with Crippen molar-refractivity contribution in [2.45, 2.75) is 20.0 Å². The van der Waals surface area contributed by atoms with E-state index in [1.807, 2.05) is 42.2 Å². The third-order valence-corrected chi connectivity index (χ3v) is 7.42. The number of piperazine rings is 1. The van der Waals surface area contributed by atoms with Gasteiger partial charge in [0.1, 0.15) is 5.82 Å². The normalized spacial score (nSPS) is 13.7. The summed E-state index contributed by atoms with van der Waals surface area (Å²) in [5.74, 6) is -2.00. The number of amides is 3. The molecule has 0 bridgehead atoms. The maximum Gasteiger partial charge on any atom is 0.313 e. The lowest BCUT2D eigenvalue weighted by Gasteiger charge is -2.34. The van der Waals surface area contributed by atoms with Crippen LogP contribution in [0.4, 0.5) is 10.1 Å². The predicted molar refractivity (Wildman–Crippen MR) is 153 cm³/mol. The fourth-order valence-corrected chi connectivity index (χ4v) is 5.02. The topological polar surface area (TPSA) is 73.0 Å². The Labute approximate surface area is 240 Å². The molecule has 1 N–H and O–H groups in total. The van der Waals surface area contributed by atoms with E-state index >= 15 is 0 Å². The number of halogens is 3. The van der Waals surface area contributed by atoms with Gasteiger partial charge in [0.15, 0.2) is 0 Å². The zero-order valence-electron chi connectivity index (χ0n) is 21.5. The van der Waals surface area contributed by atoms with E-state index in [1.54, 1.807) is 23.1 Å². The Morgan fingerprint density at radius 1 is 1.00 bits per heavy atom. The van der Waals surface area contributed by atoms with E-state index in [0.29, 0.717) is 57.1 Å². The zero-order chi connectivity index (χ0) is 27.9. The van der Waals surface area contributed by atoms with Crippen LogP contribution in [0.3, 0.4) is 0 Å². The number of rotatable bonds is 7. The van der Waals surface area contributed by atoms with Crippen molar-refractivity contribution in [3.05, 3.63) is 98.7 Å². The second-order valence-corrected chi connectivity index (χ2v) is 10.6. The lowest BCUT2D eigenvalue weighted by molar-refractivity contribution is -0.144. The second kappa shape index (κ2) is 13.2.